The van der Waals surface area contributed by atoms with Crippen LogP contribution in [-0.4, -0.2) is 44.5 Å². The number of esters is 1. The SMILES string of the molecule is CCOc1ccc(/C=C/C(=O)OCCNC(=O)OC(C)(C)C)cc1OC. The Bertz CT molecular complexity index is 633. The maximum atomic E-state index is 11.7. The van der Waals surface area contributed by atoms with Crippen molar-refractivity contribution in [3.8, 4) is 11.5 Å². The van der Waals surface area contributed by atoms with Crippen molar-refractivity contribution in [2.24, 2.45) is 0 Å². The molecular weight excluding hydrogens is 338 g/mol. The van der Waals surface area contributed by atoms with Crippen LogP contribution in [0.2, 0.25) is 0 Å². The number of hydrogen-bond acceptors (Lipinski definition) is 6. The molecule has 1 amide bonds. The maximum absolute atomic E-state index is 11.7. The number of methoxy groups -OCH3 is 1. The Labute approximate surface area is 154 Å². The lowest BCUT2D eigenvalue weighted by Gasteiger charge is -2.19. The summed E-state index contributed by atoms with van der Waals surface area (Å²) in [5.41, 5.74) is 0.205. The lowest BCUT2D eigenvalue weighted by Crippen LogP contribution is -2.34. The van der Waals surface area contributed by atoms with Crippen molar-refractivity contribution in [2.45, 2.75) is 33.3 Å². The van der Waals surface area contributed by atoms with E-state index in [9.17, 15) is 9.59 Å². The molecule has 1 aromatic carbocycles. The van der Waals surface area contributed by atoms with Crippen molar-refractivity contribution < 1.29 is 28.5 Å². The smallest absolute Gasteiger partial charge is 0.407 e. The zero-order valence-corrected chi connectivity index (χ0v) is 16.0. The molecule has 26 heavy (non-hydrogen) atoms. The minimum absolute atomic E-state index is 0.0506. The number of alkyl carbamates (subject to hydrolysis) is 1. The molecule has 144 valence electrons. The number of ether oxygens (including phenoxy) is 4. The molecular formula is C19H27NO6. The second-order valence-electron chi connectivity index (χ2n) is 6.27. The number of carbonyl (C=O) groups excluding carboxylic acids is 2. The number of nitrogens with one attached hydrogen (secondary N) is 1. The van der Waals surface area contributed by atoms with Gasteiger partial charge in [0.2, 0.25) is 0 Å². The molecule has 0 fully saturated rings. The molecule has 0 saturated carbocycles. The molecule has 0 aliphatic rings. The fourth-order valence-electron chi connectivity index (χ4n) is 1.89. The van der Waals surface area contributed by atoms with E-state index in [0.717, 1.165) is 5.56 Å². The van der Waals surface area contributed by atoms with Crippen LogP contribution < -0.4 is 14.8 Å². The van der Waals surface area contributed by atoms with Crippen LogP contribution in [0.4, 0.5) is 4.79 Å². The fraction of sp³-hybridized carbons (Fsp3) is 0.474. The second-order valence-corrected chi connectivity index (χ2v) is 6.27. The highest BCUT2D eigenvalue weighted by Gasteiger charge is 2.15. The first-order valence-corrected chi connectivity index (χ1v) is 8.37. The van der Waals surface area contributed by atoms with Gasteiger partial charge in [-0.25, -0.2) is 9.59 Å². The molecule has 7 heteroatoms. The molecule has 0 aliphatic carbocycles. The average molecular weight is 365 g/mol. The zero-order valence-electron chi connectivity index (χ0n) is 16.0. The topological polar surface area (TPSA) is 83.1 Å². The standard InChI is InChI=1S/C19H27NO6/c1-6-24-15-9-7-14(13-16(15)23-5)8-10-17(21)25-12-11-20-18(22)26-19(2,3)4/h7-10,13H,6,11-12H2,1-5H3,(H,20,22)/b10-8+. The van der Waals surface area contributed by atoms with Gasteiger partial charge in [0.25, 0.3) is 0 Å². The average Bonchev–Trinajstić information content (AvgIpc) is 2.56. The van der Waals surface area contributed by atoms with Crippen molar-refractivity contribution in [1.29, 1.82) is 0 Å². The molecule has 0 atom stereocenters. The Kier molecular flexibility index (Phi) is 8.48. The van der Waals surface area contributed by atoms with E-state index in [0.29, 0.717) is 18.1 Å². The summed E-state index contributed by atoms with van der Waals surface area (Å²) in [5, 5.41) is 2.51. The summed E-state index contributed by atoms with van der Waals surface area (Å²) in [6.07, 6.45) is 2.37. The zero-order chi connectivity index (χ0) is 19.6. The lowest BCUT2D eigenvalue weighted by atomic mass is 10.2. The van der Waals surface area contributed by atoms with Gasteiger partial charge < -0.3 is 24.3 Å². The summed E-state index contributed by atoms with van der Waals surface area (Å²) in [7, 11) is 1.55. The molecule has 1 rings (SSSR count). The van der Waals surface area contributed by atoms with Gasteiger partial charge in [0.05, 0.1) is 20.3 Å². The van der Waals surface area contributed by atoms with Gasteiger partial charge in [-0.3, -0.25) is 0 Å². The first-order valence-electron chi connectivity index (χ1n) is 8.37. The maximum Gasteiger partial charge on any atom is 0.407 e. The van der Waals surface area contributed by atoms with Crippen LogP contribution in [0.3, 0.4) is 0 Å². The van der Waals surface area contributed by atoms with Crippen LogP contribution in [0, 0.1) is 0 Å². The van der Waals surface area contributed by atoms with Crippen molar-refractivity contribution in [1.82, 2.24) is 5.32 Å². The number of amides is 1. The highest BCUT2D eigenvalue weighted by Crippen LogP contribution is 2.28. The van der Waals surface area contributed by atoms with Crippen LogP contribution in [0.5, 0.6) is 11.5 Å². The van der Waals surface area contributed by atoms with Crippen LogP contribution in [0.1, 0.15) is 33.3 Å². The number of hydrogen-bond donors (Lipinski definition) is 1. The quantitative estimate of drug-likeness (QED) is 0.433. The monoisotopic (exact) mass is 365 g/mol. The van der Waals surface area contributed by atoms with Crippen molar-refractivity contribution in [3.05, 3.63) is 29.8 Å². The Morgan fingerprint density at radius 1 is 1.19 bits per heavy atom. The van der Waals surface area contributed by atoms with Gasteiger partial charge in [0.1, 0.15) is 12.2 Å². The molecule has 0 bridgehead atoms. The first kappa shape index (κ1) is 21.3. The summed E-state index contributed by atoms with van der Waals surface area (Å²) in [5.74, 6) is 0.718. The molecule has 0 aromatic heterocycles. The summed E-state index contributed by atoms with van der Waals surface area (Å²) < 4.78 is 20.8. The highest BCUT2D eigenvalue weighted by atomic mass is 16.6. The molecule has 0 aliphatic heterocycles. The van der Waals surface area contributed by atoms with E-state index in [2.05, 4.69) is 5.32 Å². The van der Waals surface area contributed by atoms with Crippen molar-refractivity contribution >= 4 is 18.1 Å². The lowest BCUT2D eigenvalue weighted by molar-refractivity contribution is -0.137. The van der Waals surface area contributed by atoms with E-state index in [1.54, 1.807) is 52.2 Å². The molecule has 0 spiro atoms. The molecule has 0 heterocycles. The van der Waals surface area contributed by atoms with E-state index in [1.165, 1.54) is 6.08 Å². The van der Waals surface area contributed by atoms with Gasteiger partial charge in [-0.1, -0.05) is 6.07 Å². The van der Waals surface area contributed by atoms with Gasteiger partial charge in [0.15, 0.2) is 11.5 Å². The van der Waals surface area contributed by atoms with Gasteiger partial charge in [-0.05, 0) is 51.5 Å². The number of benzene rings is 1. The van der Waals surface area contributed by atoms with Crippen LogP contribution in [0.15, 0.2) is 24.3 Å². The van der Waals surface area contributed by atoms with Gasteiger partial charge in [-0.15, -0.1) is 0 Å². The van der Waals surface area contributed by atoms with E-state index in [1.807, 2.05) is 6.92 Å². The first-order chi connectivity index (χ1) is 12.2. The summed E-state index contributed by atoms with van der Waals surface area (Å²) in [4.78, 5) is 23.1. The van der Waals surface area contributed by atoms with Crippen molar-refractivity contribution in [3.63, 3.8) is 0 Å². The normalized spacial score (nSPS) is 11.1. The van der Waals surface area contributed by atoms with Crippen LogP contribution >= 0.6 is 0 Å². The Morgan fingerprint density at radius 3 is 2.54 bits per heavy atom. The second kappa shape index (κ2) is 10.3. The summed E-state index contributed by atoms with van der Waals surface area (Å²) in [6.45, 7) is 7.96. The van der Waals surface area contributed by atoms with Gasteiger partial charge in [-0.2, -0.15) is 0 Å². The summed E-state index contributed by atoms with van der Waals surface area (Å²) in [6, 6.07) is 5.35. The largest absolute Gasteiger partial charge is 0.493 e. The molecule has 0 radical (unpaired) electrons. The molecule has 1 aromatic rings. The number of carbonyl (C=O) groups is 2. The van der Waals surface area contributed by atoms with Gasteiger partial charge >= 0.3 is 12.1 Å². The Hall–Kier alpha value is -2.70. The molecule has 0 saturated heterocycles. The van der Waals surface area contributed by atoms with E-state index >= 15 is 0 Å². The third kappa shape index (κ3) is 8.41. The van der Waals surface area contributed by atoms with E-state index < -0.39 is 17.7 Å². The van der Waals surface area contributed by atoms with Gasteiger partial charge in [0, 0.05) is 6.08 Å². The molecule has 1 N–H and O–H groups in total. The highest BCUT2D eigenvalue weighted by molar-refractivity contribution is 5.87. The fourth-order valence-corrected chi connectivity index (χ4v) is 1.89. The molecule has 0 unspecified atom stereocenters. The third-order valence-corrected chi connectivity index (χ3v) is 2.91. The minimum atomic E-state index is -0.567. The Morgan fingerprint density at radius 2 is 1.92 bits per heavy atom. The predicted molar refractivity (Wildman–Crippen MR) is 98.4 cm³/mol. The number of rotatable bonds is 8. The summed E-state index contributed by atoms with van der Waals surface area (Å²) >= 11 is 0. The van der Waals surface area contributed by atoms with Crippen molar-refractivity contribution in [2.75, 3.05) is 26.9 Å². The van der Waals surface area contributed by atoms with E-state index in [-0.39, 0.29) is 13.2 Å². The predicted octanol–water partition coefficient (Wildman–Crippen LogP) is 3.18. The Balaban J connectivity index is 2.42. The van der Waals surface area contributed by atoms with Crippen LogP contribution in [0.25, 0.3) is 6.08 Å². The molecule has 7 nitrogen and oxygen atoms in total. The van der Waals surface area contributed by atoms with Crippen LogP contribution in [-0.2, 0) is 14.3 Å². The third-order valence-electron chi connectivity index (χ3n) is 2.91. The van der Waals surface area contributed by atoms with E-state index in [4.69, 9.17) is 18.9 Å². The minimum Gasteiger partial charge on any atom is -0.493 e.